The van der Waals surface area contributed by atoms with E-state index in [9.17, 15) is 4.79 Å². The van der Waals surface area contributed by atoms with Gasteiger partial charge in [0.15, 0.2) is 5.96 Å². The number of carbonyl (C=O) groups excluding carboxylic acids is 1. The highest BCUT2D eigenvalue weighted by Crippen LogP contribution is 2.28. The van der Waals surface area contributed by atoms with E-state index < -0.39 is 0 Å². The average molecular weight is 323 g/mol. The lowest BCUT2D eigenvalue weighted by atomic mass is 10.2. The molecule has 1 saturated carbocycles. The summed E-state index contributed by atoms with van der Waals surface area (Å²) in [7, 11) is 0. The topological polar surface area (TPSA) is 65.5 Å². The Bertz CT molecular complexity index is 529. The van der Waals surface area contributed by atoms with Gasteiger partial charge in [0.25, 0.3) is 5.91 Å². The van der Waals surface area contributed by atoms with Gasteiger partial charge in [-0.25, -0.2) is 0 Å². The lowest BCUT2D eigenvalue weighted by Crippen LogP contribution is -2.41. The van der Waals surface area contributed by atoms with Gasteiger partial charge < -0.3 is 16.0 Å². The molecule has 0 aliphatic heterocycles. The van der Waals surface area contributed by atoms with Gasteiger partial charge >= 0.3 is 0 Å². The molecule has 0 radical (unpaired) electrons. The number of guanidine groups is 1. The summed E-state index contributed by atoms with van der Waals surface area (Å²) >= 11 is 5.99. The quantitative estimate of drug-likeness (QED) is 0.409. The van der Waals surface area contributed by atoms with Crippen LogP contribution in [-0.4, -0.2) is 38.0 Å². The molecule has 120 valence electrons. The molecule has 0 unspecified atom stereocenters. The maximum Gasteiger partial charge on any atom is 0.252 e. The van der Waals surface area contributed by atoms with Crippen LogP contribution < -0.4 is 16.0 Å². The zero-order valence-electron chi connectivity index (χ0n) is 12.9. The monoisotopic (exact) mass is 322 g/mol. The molecule has 1 amide bonds. The molecule has 0 bridgehead atoms. The fourth-order valence-corrected chi connectivity index (χ4v) is 2.18. The maximum atomic E-state index is 12.0. The van der Waals surface area contributed by atoms with Gasteiger partial charge in [0.05, 0.1) is 10.6 Å². The van der Waals surface area contributed by atoms with Crippen molar-refractivity contribution in [2.75, 3.05) is 26.2 Å². The molecule has 5 nitrogen and oxygen atoms in total. The first kappa shape index (κ1) is 16.6. The van der Waals surface area contributed by atoms with Crippen LogP contribution >= 0.6 is 11.6 Å². The maximum absolute atomic E-state index is 12.0. The van der Waals surface area contributed by atoms with E-state index in [1.807, 2.05) is 6.92 Å². The first-order valence-electron chi connectivity index (χ1n) is 7.75. The molecule has 1 aromatic carbocycles. The van der Waals surface area contributed by atoms with Crippen LogP contribution in [0.1, 0.15) is 30.1 Å². The van der Waals surface area contributed by atoms with Crippen molar-refractivity contribution >= 4 is 23.5 Å². The summed E-state index contributed by atoms with van der Waals surface area (Å²) in [6.45, 7) is 4.86. The molecule has 22 heavy (non-hydrogen) atoms. The van der Waals surface area contributed by atoms with Crippen molar-refractivity contribution in [2.45, 2.75) is 19.8 Å². The van der Waals surface area contributed by atoms with E-state index in [1.165, 1.54) is 12.8 Å². The zero-order valence-corrected chi connectivity index (χ0v) is 13.6. The molecule has 1 aromatic rings. The third kappa shape index (κ3) is 5.56. The Morgan fingerprint density at radius 2 is 1.95 bits per heavy atom. The Labute approximate surface area is 136 Å². The highest BCUT2D eigenvalue weighted by atomic mass is 35.5. The van der Waals surface area contributed by atoms with Crippen LogP contribution in [-0.2, 0) is 0 Å². The number of amides is 1. The van der Waals surface area contributed by atoms with Crippen molar-refractivity contribution < 1.29 is 4.79 Å². The van der Waals surface area contributed by atoms with Gasteiger partial charge in [0.1, 0.15) is 0 Å². The molecule has 0 aromatic heterocycles. The predicted molar refractivity (Wildman–Crippen MR) is 90.5 cm³/mol. The summed E-state index contributed by atoms with van der Waals surface area (Å²) in [5.41, 5.74) is 0.499. The van der Waals surface area contributed by atoms with Crippen LogP contribution in [0.15, 0.2) is 29.3 Å². The Morgan fingerprint density at radius 3 is 2.64 bits per heavy atom. The zero-order chi connectivity index (χ0) is 15.8. The third-order valence-corrected chi connectivity index (χ3v) is 3.70. The molecule has 0 saturated heterocycles. The second-order valence-corrected chi connectivity index (χ2v) is 5.73. The van der Waals surface area contributed by atoms with Crippen LogP contribution in [0, 0.1) is 5.92 Å². The van der Waals surface area contributed by atoms with Gasteiger partial charge in [-0.1, -0.05) is 23.7 Å². The first-order valence-corrected chi connectivity index (χ1v) is 8.13. The number of rotatable bonds is 7. The SMILES string of the molecule is CCNC(=NCC1CC1)NCCNC(=O)c1ccccc1Cl. The lowest BCUT2D eigenvalue weighted by Gasteiger charge is -2.12. The van der Waals surface area contributed by atoms with Crippen molar-refractivity contribution in [1.82, 2.24) is 16.0 Å². The number of nitrogens with one attached hydrogen (secondary N) is 3. The van der Waals surface area contributed by atoms with Crippen LogP contribution in [0.2, 0.25) is 5.02 Å². The molecule has 1 aliphatic carbocycles. The van der Waals surface area contributed by atoms with Crippen molar-refractivity contribution in [1.29, 1.82) is 0 Å². The van der Waals surface area contributed by atoms with Crippen LogP contribution in [0.3, 0.4) is 0 Å². The average Bonchev–Trinajstić information content (AvgIpc) is 3.33. The largest absolute Gasteiger partial charge is 0.357 e. The first-order chi connectivity index (χ1) is 10.7. The molecular formula is C16H23ClN4O. The summed E-state index contributed by atoms with van der Waals surface area (Å²) in [4.78, 5) is 16.5. The van der Waals surface area contributed by atoms with Crippen molar-refractivity contribution in [3.63, 3.8) is 0 Å². The number of hydrogen-bond donors (Lipinski definition) is 3. The molecule has 0 spiro atoms. The summed E-state index contributed by atoms with van der Waals surface area (Å²) in [6.07, 6.45) is 2.58. The molecule has 0 atom stereocenters. The van der Waals surface area contributed by atoms with Gasteiger partial charge in [-0.2, -0.15) is 0 Å². The second-order valence-electron chi connectivity index (χ2n) is 5.33. The van der Waals surface area contributed by atoms with Gasteiger partial charge in [-0.3, -0.25) is 9.79 Å². The number of benzene rings is 1. The second kappa shape index (κ2) is 8.63. The number of aliphatic imine (C=N–C) groups is 1. The summed E-state index contributed by atoms with van der Waals surface area (Å²) < 4.78 is 0. The minimum absolute atomic E-state index is 0.160. The van der Waals surface area contributed by atoms with E-state index in [2.05, 4.69) is 20.9 Å². The third-order valence-electron chi connectivity index (χ3n) is 3.37. The summed E-state index contributed by atoms with van der Waals surface area (Å²) in [5.74, 6) is 1.41. The molecule has 6 heteroatoms. The predicted octanol–water partition coefficient (Wildman–Crippen LogP) is 2.03. The number of hydrogen-bond acceptors (Lipinski definition) is 2. The van der Waals surface area contributed by atoms with E-state index in [1.54, 1.807) is 24.3 Å². The standard InChI is InChI=1S/C16H23ClN4O/c1-2-18-16(21-11-12-7-8-12)20-10-9-19-15(22)13-5-3-4-6-14(13)17/h3-6,12H,2,7-11H2,1H3,(H,19,22)(H2,18,20,21). The Kier molecular flexibility index (Phi) is 6.52. The molecule has 0 heterocycles. The Morgan fingerprint density at radius 1 is 1.23 bits per heavy atom. The molecule has 3 N–H and O–H groups in total. The van der Waals surface area contributed by atoms with E-state index in [0.717, 1.165) is 25.0 Å². The number of halogens is 1. The summed E-state index contributed by atoms with van der Waals surface area (Å²) in [6, 6.07) is 7.03. The van der Waals surface area contributed by atoms with Crippen molar-refractivity contribution in [3.8, 4) is 0 Å². The fraction of sp³-hybridized carbons (Fsp3) is 0.500. The van der Waals surface area contributed by atoms with E-state index in [4.69, 9.17) is 11.6 Å². The number of nitrogens with zero attached hydrogens (tertiary/aromatic N) is 1. The van der Waals surface area contributed by atoms with Crippen molar-refractivity contribution in [2.24, 2.45) is 10.9 Å². The van der Waals surface area contributed by atoms with E-state index in [-0.39, 0.29) is 5.91 Å². The van der Waals surface area contributed by atoms with E-state index >= 15 is 0 Å². The van der Waals surface area contributed by atoms with Crippen LogP contribution in [0.5, 0.6) is 0 Å². The van der Waals surface area contributed by atoms with Gasteiger partial charge in [-0.15, -0.1) is 0 Å². The van der Waals surface area contributed by atoms with Crippen molar-refractivity contribution in [3.05, 3.63) is 34.9 Å². The van der Waals surface area contributed by atoms with E-state index in [0.29, 0.717) is 23.7 Å². The molecule has 1 fully saturated rings. The Balaban J connectivity index is 1.71. The van der Waals surface area contributed by atoms with Gasteiger partial charge in [0.2, 0.25) is 0 Å². The normalized spacial score (nSPS) is 14.5. The minimum atomic E-state index is -0.160. The highest BCUT2D eigenvalue weighted by Gasteiger charge is 2.20. The van der Waals surface area contributed by atoms with Gasteiger partial charge in [0, 0.05) is 26.2 Å². The van der Waals surface area contributed by atoms with Crippen LogP contribution in [0.4, 0.5) is 0 Å². The molecule has 2 rings (SSSR count). The summed E-state index contributed by atoms with van der Waals surface area (Å²) in [5, 5.41) is 9.73. The minimum Gasteiger partial charge on any atom is -0.357 e. The lowest BCUT2D eigenvalue weighted by molar-refractivity contribution is 0.0954. The van der Waals surface area contributed by atoms with Crippen LogP contribution in [0.25, 0.3) is 0 Å². The van der Waals surface area contributed by atoms with Gasteiger partial charge in [-0.05, 0) is 37.8 Å². The molecular weight excluding hydrogens is 300 g/mol. The highest BCUT2D eigenvalue weighted by molar-refractivity contribution is 6.33. The Hall–Kier alpha value is -1.75. The smallest absolute Gasteiger partial charge is 0.252 e. The molecule has 1 aliphatic rings. The fourth-order valence-electron chi connectivity index (χ4n) is 1.96. The number of carbonyl (C=O) groups is 1.